The summed E-state index contributed by atoms with van der Waals surface area (Å²) in [6, 6.07) is 1.93. The largest absolute Gasteiger partial charge is 0.342 e. The summed E-state index contributed by atoms with van der Waals surface area (Å²) >= 11 is 0. The van der Waals surface area contributed by atoms with E-state index in [4.69, 9.17) is 0 Å². The molecule has 1 aliphatic heterocycles. The Morgan fingerprint density at radius 2 is 2.08 bits per heavy atom. The second-order valence-electron chi connectivity index (χ2n) is 7.95. The molecule has 0 spiro atoms. The van der Waals surface area contributed by atoms with Gasteiger partial charge in [-0.3, -0.25) is 19.4 Å². The minimum atomic E-state index is -0.313. The summed E-state index contributed by atoms with van der Waals surface area (Å²) in [4.78, 5) is 23.7. The molecule has 6 heteroatoms. The Bertz CT molecular complexity index is 729. The molecule has 0 aromatic carbocycles. The normalized spacial score (nSPS) is 18.4. The first-order valence-electron chi connectivity index (χ1n) is 8.93. The van der Waals surface area contributed by atoms with Crippen molar-refractivity contribution < 1.29 is 4.79 Å². The number of hydrogen-bond acceptors (Lipinski definition) is 4. The smallest absolute Gasteiger partial charge is 0.227 e. The van der Waals surface area contributed by atoms with Gasteiger partial charge < -0.3 is 4.90 Å². The molecule has 25 heavy (non-hydrogen) atoms. The second kappa shape index (κ2) is 6.94. The molecular formula is C19H27N5O. The minimum Gasteiger partial charge on any atom is -0.342 e. The van der Waals surface area contributed by atoms with Gasteiger partial charge in [-0.2, -0.15) is 5.10 Å². The molecule has 1 aliphatic rings. The molecule has 3 heterocycles. The van der Waals surface area contributed by atoms with Crippen molar-refractivity contribution in [2.45, 2.75) is 40.0 Å². The van der Waals surface area contributed by atoms with Crippen LogP contribution < -0.4 is 0 Å². The number of amides is 1. The van der Waals surface area contributed by atoms with Crippen LogP contribution in [0.2, 0.25) is 0 Å². The fraction of sp³-hybridized carbons (Fsp3) is 0.579. The quantitative estimate of drug-likeness (QED) is 0.861. The van der Waals surface area contributed by atoms with E-state index >= 15 is 0 Å². The Balaban J connectivity index is 1.64. The van der Waals surface area contributed by atoms with Crippen molar-refractivity contribution >= 4 is 5.91 Å². The van der Waals surface area contributed by atoms with Crippen LogP contribution in [0.15, 0.2) is 24.7 Å². The molecule has 0 aliphatic carbocycles. The van der Waals surface area contributed by atoms with Gasteiger partial charge in [-0.15, -0.1) is 0 Å². The van der Waals surface area contributed by atoms with Gasteiger partial charge in [-0.05, 0) is 31.2 Å². The molecule has 0 bridgehead atoms. The Morgan fingerprint density at radius 3 is 2.68 bits per heavy atom. The molecule has 0 radical (unpaired) electrons. The Morgan fingerprint density at radius 1 is 1.28 bits per heavy atom. The third-order valence-corrected chi connectivity index (χ3v) is 4.73. The summed E-state index contributed by atoms with van der Waals surface area (Å²) in [7, 11) is 1.90. The molecule has 1 saturated heterocycles. The highest BCUT2D eigenvalue weighted by atomic mass is 16.2. The summed E-state index contributed by atoms with van der Waals surface area (Å²) in [6.45, 7) is 7.66. The lowest BCUT2D eigenvalue weighted by Gasteiger charge is -2.36. The summed E-state index contributed by atoms with van der Waals surface area (Å²) in [6.07, 6.45) is 8.49. The van der Waals surface area contributed by atoms with Crippen molar-refractivity contribution in [1.82, 2.24) is 24.6 Å². The van der Waals surface area contributed by atoms with Crippen LogP contribution in [0.1, 0.15) is 39.3 Å². The van der Waals surface area contributed by atoms with Crippen LogP contribution in [0.3, 0.4) is 0 Å². The highest BCUT2D eigenvalue weighted by Crippen LogP contribution is 2.25. The zero-order chi connectivity index (χ0) is 18.0. The van der Waals surface area contributed by atoms with E-state index in [2.05, 4.69) is 15.1 Å². The molecule has 1 fully saturated rings. The number of piperidine rings is 1. The molecule has 134 valence electrons. The summed E-state index contributed by atoms with van der Waals surface area (Å²) in [5.41, 5.74) is 2.46. The first kappa shape index (κ1) is 17.6. The van der Waals surface area contributed by atoms with Crippen LogP contribution in [0.5, 0.6) is 0 Å². The SMILES string of the molecule is Cn1nccc1-c1cnc(C[C@@H]2CCCN(C(=O)C(C)(C)C)C2)cn1. The van der Waals surface area contributed by atoms with Crippen molar-refractivity contribution in [3.63, 3.8) is 0 Å². The Hall–Kier alpha value is -2.24. The van der Waals surface area contributed by atoms with Gasteiger partial charge in [-0.1, -0.05) is 20.8 Å². The molecular weight excluding hydrogens is 314 g/mol. The van der Waals surface area contributed by atoms with E-state index in [0.717, 1.165) is 49.4 Å². The van der Waals surface area contributed by atoms with Gasteiger partial charge in [0.2, 0.25) is 5.91 Å². The van der Waals surface area contributed by atoms with Gasteiger partial charge in [-0.25, -0.2) is 0 Å². The predicted octanol–water partition coefficient (Wildman–Crippen LogP) is 2.70. The molecule has 1 atom stereocenters. The summed E-state index contributed by atoms with van der Waals surface area (Å²) in [5.74, 6) is 0.701. The maximum absolute atomic E-state index is 12.5. The summed E-state index contributed by atoms with van der Waals surface area (Å²) < 4.78 is 1.79. The zero-order valence-electron chi connectivity index (χ0n) is 15.6. The first-order chi connectivity index (χ1) is 11.8. The highest BCUT2D eigenvalue weighted by Gasteiger charge is 2.31. The molecule has 0 saturated carbocycles. The third-order valence-electron chi connectivity index (χ3n) is 4.73. The predicted molar refractivity (Wildman–Crippen MR) is 96.7 cm³/mol. The van der Waals surface area contributed by atoms with Crippen LogP contribution >= 0.6 is 0 Å². The maximum Gasteiger partial charge on any atom is 0.227 e. The van der Waals surface area contributed by atoms with Gasteiger partial charge in [0, 0.05) is 37.9 Å². The number of rotatable bonds is 3. The number of hydrogen-bond donors (Lipinski definition) is 0. The number of carbonyl (C=O) groups is 1. The standard InChI is InChI=1S/C19H27N5O/c1-19(2,3)18(25)24-9-5-6-14(13-24)10-15-11-21-16(12-20-15)17-7-8-22-23(17)4/h7-8,11-12,14H,5-6,9-10,13H2,1-4H3/t14-/m0/s1. The van der Waals surface area contributed by atoms with E-state index in [1.807, 2.05) is 51.2 Å². The van der Waals surface area contributed by atoms with E-state index in [-0.39, 0.29) is 11.3 Å². The van der Waals surface area contributed by atoms with Crippen LogP contribution in [0.25, 0.3) is 11.4 Å². The highest BCUT2D eigenvalue weighted by molar-refractivity contribution is 5.81. The monoisotopic (exact) mass is 341 g/mol. The van der Waals surface area contributed by atoms with E-state index in [0.29, 0.717) is 5.92 Å². The van der Waals surface area contributed by atoms with E-state index in [1.165, 1.54) is 0 Å². The second-order valence-corrected chi connectivity index (χ2v) is 7.95. The maximum atomic E-state index is 12.5. The third kappa shape index (κ3) is 4.06. The van der Waals surface area contributed by atoms with Crippen molar-refractivity contribution in [2.75, 3.05) is 13.1 Å². The zero-order valence-corrected chi connectivity index (χ0v) is 15.6. The number of carbonyl (C=O) groups excluding carboxylic acids is 1. The number of likely N-dealkylation sites (tertiary alicyclic amines) is 1. The fourth-order valence-electron chi connectivity index (χ4n) is 3.40. The van der Waals surface area contributed by atoms with Gasteiger partial charge in [0.15, 0.2) is 0 Å². The van der Waals surface area contributed by atoms with Crippen LogP contribution in [-0.2, 0) is 18.3 Å². The first-order valence-corrected chi connectivity index (χ1v) is 8.93. The molecule has 3 rings (SSSR count). The molecule has 0 unspecified atom stereocenters. The number of aromatic nitrogens is 4. The molecule has 2 aromatic heterocycles. The van der Waals surface area contributed by atoms with Crippen LogP contribution in [0.4, 0.5) is 0 Å². The van der Waals surface area contributed by atoms with Crippen LogP contribution in [0, 0.1) is 11.3 Å². The van der Waals surface area contributed by atoms with Crippen molar-refractivity contribution in [3.8, 4) is 11.4 Å². The van der Waals surface area contributed by atoms with Crippen molar-refractivity contribution in [3.05, 3.63) is 30.4 Å². The molecule has 2 aromatic rings. The fourth-order valence-corrected chi connectivity index (χ4v) is 3.40. The van der Waals surface area contributed by atoms with Crippen LogP contribution in [-0.4, -0.2) is 43.6 Å². The van der Waals surface area contributed by atoms with E-state index in [9.17, 15) is 4.79 Å². The van der Waals surface area contributed by atoms with Gasteiger partial charge in [0.05, 0.1) is 17.6 Å². The number of aryl methyl sites for hydroxylation is 1. The lowest BCUT2D eigenvalue weighted by atomic mass is 9.89. The van der Waals surface area contributed by atoms with E-state index < -0.39 is 0 Å². The van der Waals surface area contributed by atoms with Crippen molar-refractivity contribution in [2.24, 2.45) is 18.4 Å². The Labute approximate surface area is 149 Å². The van der Waals surface area contributed by atoms with E-state index in [1.54, 1.807) is 10.9 Å². The summed E-state index contributed by atoms with van der Waals surface area (Å²) in [5, 5.41) is 4.17. The molecule has 0 N–H and O–H groups in total. The lowest BCUT2D eigenvalue weighted by molar-refractivity contribution is -0.141. The van der Waals surface area contributed by atoms with Gasteiger partial charge in [0.1, 0.15) is 5.69 Å². The van der Waals surface area contributed by atoms with Gasteiger partial charge in [0.25, 0.3) is 0 Å². The van der Waals surface area contributed by atoms with Gasteiger partial charge >= 0.3 is 0 Å². The average Bonchev–Trinajstić information content (AvgIpc) is 3.00. The molecule has 6 nitrogen and oxygen atoms in total. The number of nitrogens with zero attached hydrogens (tertiary/aromatic N) is 5. The minimum absolute atomic E-state index is 0.245. The topological polar surface area (TPSA) is 63.9 Å². The van der Waals surface area contributed by atoms with Crippen molar-refractivity contribution in [1.29, 1.82) is 0 Å². The Kier molecular flexibility index (Phi) is 4.88. The average molecular weight is 341 g/mol. The molecule has 1 amide bonds. The lowest BCUT2D eigenvalue weighted by Crippen LogP contribution is -2.45.